The zero-order chi connectivity index (χ0) is 17.4. The van der Waals surface area contributed by atoms with Gasteiger partial charge in [-0.3, -0.25) is 9.59 Å². The van der Waals surface area contributed by atoms with E-state index in [1.807, 2.05) is 0 Å². The molecule has 0 fully saturated rings. The summed E-state index contributed by atoms with van der Waals surface area (Å²) in [6.45, 7) is 2.65. The van der Waals surface area contributed by atoms with Gasteiger partial charge in [-0.15, -0.1) is 0 Å². The Bertz CT molecular complexity index is 831. The minimum Gasteiger partial charge on any atom is -0.445 e. The number of hydrogen-bond acceptors (Lipinski definition) is 5. The third-order valence-electron chi connectivity index (χ3n) is 2.82. The molecule has 2 aromatic rings. The number of aryl methyl sites for hydroxylation is 1. The Balaban J connectivity index is 2.48. The van der Waals surface area contributed by atoms with Crippen molar-refractivity contribution in [2.45, 2.75) is 20.0 Å². The van der Waals surface area contributed by atoms with E-state index in [2.05, 4.69) is 10.3 Å². The number of ketones is 1. The maximum Gasteiger partial charge on any atom is 0.417 e. The van der Waals surface area contributed by atoms with Crippen molar-refractivity contribution in [3.8, 4) is 0 Å². The lowest BCUT2D eigenvalue weighted by molar-refractivity contribution is -0.137. The normalized spacial score (nSPS) is 11.4. The van der Waals surface area contributed by atoms with Crippen molar-refractivity contribution in [3.05, 3.63) is 50.5 Å². The third-order valence-corrected chi connectivity index (χ3v) is 3.11. The first kappa shape index (κ1) is 17.0. The van der Waals surface area contributed by atoms with Crippen molar-refractivity contribution in [2.75, 3.05) is 5.32 Å². The Kier molecular flexibility index (Phi) is 4.46. The summed E-state index contributed by atoms with van der Waals surface area (Å²) in [5, 5.41) is 2.15. The van der Waals surface area contributed by atoms with Gasteiger partial charge in [0.2, 0.25) is 5.88 Å². The third kappa shape index (κ3) is 3.70. The second-order valence-electron chi connectivity index (χ2n) is 4.66. The van der Waals surface area contributed by atoms with Crippen LogP contribution in [0.5, 0.6) is 0 Å². The number of pyridine rings is 1. The number of aromatic nitrogens is 1. The molecule has 122 valence electrons. The van der Waals surface area contributed by atoms with E-state index in [1.54, 1.807) is 0 Å². The van der Waals surface area contributed by atoms with Gasteiger partial charge >= 0.3 is 6.18 Å². The standard InChI is InChI=1S/C14H10ClF3N2O3/c1-6-3-10(22)11(7(2)21)13(23-6)20-12-9(15)4-8(5-19-12)14(16,17)18/h3-5H,1-2H3,(H,19,20). The summed E-state index contributed by atoms with van der Waals surface area (Å²) in [5.74, 6) is -0.748. The first-order valence-electron chi connectivity index (χ1n) is 6.25. The van der Waals surface area contributed by atoms with Crippen molar-refractivity contribution < 1.29 is 22.4 Å². The number of anilines is 2. The Hall–Kier alpha value is -2.35. The quantitative estimate of drug-likeness (QED) is 0.852. The molecular formula is C14H10ClF3N2O3. The van der Waals surface area contributed by atoms with Gasteiger partial charge in [0, 0.05) is 12.3 Å². The molecule has 0 unspecified atom stereocenters. The van der Waals surface area contributed by atoms with Gasteiger partial charge in [0.25, 0.3) is 0 Å². The van der Waals surface area contributed by atoms with Crippen LogP contribution >= 0.6 is 11.6 Å². The minimum absolute atomic E-state index is 0.170. The molecule has 0 aliphatic heterocycles. The van der Waals surface area contributed by atoms with Crippen LogP contribution < -0.4 is 10.7 Å². The van der Waals surface area contributed by atoms with E-state index in [9.17, 15) is 22.8 Å². The zero-order valence-corrected chi connectivity index (χ0v) is 12.7. The van der Waals surface area contributed by atoms with Gasteiger partial charge in [-0.1, -0.05) is 11.6 Å². The van der Waals surface area contributed by atoms with Crippen LogP contribution in [0.2, 0.25) is 5.02 Å². The number of carbonyl (C=O) groups excluding carboxylic acids is 1. The van der Waals surface area contributed by atoms with Crippen LogP contribution in [0.4, 0.5) is 24.9 Å². The van der Waals surface area contributed by atoms with Crippen molar-refractivity contribution in [1.29, 1.82) is 0 Å². The molecule has 2 aromatic heterocycles. The molecule has 0 aliphatic rings. The molecule has 0 bridgehead atoms. The van der Waals surface area contributed by atoms with Gasteiger partial charge < -0.3 is 9.73 Å². The van der Waals surface area contributed by atoms with E-state index in [-0.39, 0.29) is 28.0 Å². The molecular weight excluding hydrogens is 337 g/mol. The number of alkyl halides is 3. The highest BCUT2D eigenvalue weighted by molar-refractivity contribution is 6.33. The Morgan fingerprint density at radius 1 is 1.35 bits per heavy atom. The summed E-state index contributed by atoms with van der Waals surface area (Å²) in [5.41, 5.74) is -1.87. The van der Waals surface area contributed by atoms with Crippen LogP contribution in [0, 0.1) is 6.92 Å². The first-order valence-corrected chi connectivity index (χ1v) is 6.63. The van der Waals surface area contributed by atoms with Crippen molar-refractivity contribution in [3.63, 3.8) is 0 Å². The van der Waals surface area contributed by atoms with E-state index in [1.165, 1.54) is 6.92 Å². The summed E-state index contributed by atoms with van der Waals surface area (Å²) in [6, 6.07) is 1.81. The zero-order valence-electron chi connectivity index (χ0n) is 11.9. The van der Waals surface area contributed by atoms with E-state index in [4.69, 9.17) is 16.0 Å². The van der Waals surface area contributed by atoms with Crippen LogP contribution in [0.3, 0.4) is 0 Å². The monoisotopic (exact) mass is 346 g/mol. The van der Waals surface area contributed by atoms with Gasteiger partial charge in [0.05, 0.1) is 10.6 Å². The van der Waals surface area contributed by atoms with Crippen LogP contribution in [0.15, 0.2) is 27.5 Å². The molecule has 0 aromatic carbocycles. The highest BCUT2D eigenvalue weighted by Gasteiger charge is 2.31. The summed E-state index contributed by atoms with van der Waals surface area (Å²) < 4.78 is 43.0. The molecule has 1 N–H and O–H groups in total. The van der Waals surface area contributed by atoms with Gasteiger partial charge in [0.1, 0.15) is 11.3 Å². The molecule has 2 heterocycles. The van der Waals surface area contributed by atoms with Crippen LogP contribution in [-0.2, 0) is 6.18 Å². The number of rotatable bonds is 3. The Morgan fingerprint density at radius 2 is 2.00 bits per heavy atom. The summed E-state index contributed by atoms with van der Waals surface area (Å²) >= 11 is 5.77. The van der Waals surface area contributed by atoms with E-state index >= 15 is 0 Å². The average Bonchev–Trinajstić information content (AvgIpc) is 2.38. The van der Waals surface area contributed by atoms with Crippen molar-refractivity contribution >= 4 is 29.1 Å². The highest BCUT2D eigenvalue weighted by atomic mass is 35.5. The second kappa shape index (κ2) is 6.04. The van der Waals surface area contributed by atoms with E-state index < -0.39 is 23.0 Å². The molecule has 9 heteroatoms. The number of nitrogens with one attached hydrogen (secondary N) is 1. The largest absolute Gasteiger partial charge is 0.445 e. The lowest BCUT2D eigenvalue weighted by Crippen LogP contribution is -2.16. The number of Topliss-reactive ketones (excluding diaryl/α,β-unsaturated/α-hetero) is 1. The maximum absolute atomic E-state index is 12.6. The number of nitrogens with zero attached hydrogens (tertiary/aromatic N) is 1. The highest BCUT2D eigenvalue weighted by Crippen LogP contribution is 2.33. The lowest BCUT2D eigenvalue weighted by Gasteiger charge is -2.12. The molecule has 5 nitrogen and oxygen atoms in total. The average molecular weight is 347 g/mol. The lowest BCUT2D eigenvalue weighted by atomic mass is 10.2. The molecule has 0 aliphatic carbocycles. The van der Waals surface area contributed by atoms with Crippen molar-refractivity contribution in [1.82, 2.24) is 4.98 Å². The molecule has 0 amide bonds. The molecule has 23 heavy (non-hydrogen) atoms. The predicted octanol–water partition coefficient (Wildman–Crippen LogP) is 3.96. The van der Waals surface area contributed by atoms with Crippen molar-refractivity contribution in [2.24, 2.45) is 0 Å². The summed E-state index contributed by atoms with van der Waals surface area (Å²) in [6.07, 6.45) is -4.01. The molecule has 0 atom stereocenters. The first-order chi connectivity index (χ1) is 10.6. The van der Waals surface area contributed by atoms with Gasteiger partial charge in [-0.25, -0.2) is 4.98 Å². The topological polar surface area (TPSA) is 72.2 Å². The second-order valence-corrected chi connectivity index (χ2v) is 5.07. The van der Waals surface area contributed by atoms with Gasteiger partial charge in [-0.05, 0) is 19.9 Å². The van der Waals surface area contributed by atoms with Crippen LogP contribution in [0.1, 0.15) is 28.6 Å². The summed E-state index contributed by atoms with van der Waals surface area (Å²) in [7, 11) is 0. The predicted molar refractivity (Wildman–Crippen MR) is 77.3 cm³/mol. The molecule has 0 spiro atoms. The molecule has 0 saturated carbocycles. The smallest absolute Gasteiger partial charge is 0.417 e. The fourth-order valence-electron chi connectivity index (χ4n) is 1.82. The Labute approximate surface area is 133 Å². The number of halogens is 4. The molecule has 0 saturated heterocycles. The fourth-order valence-corrected chi connectivity index (χ4v) is 2.04. The van der Waals surface area contributed by atoms with Crippen LogP contribution in [0.25, 0.3) is 0 Å². The van der Waals surface area contributed by atoms with E-state index in [0.29, 0.717) is 12.3 Å². The Morgan fingerprint density at radius 3 is 2.52 bits per heavy atom. The fraction of sp³-hybridized carbons (Fsp3) is 0.214. The molecule has 0 radical (unpaired) electrons. The SMILES string of the molecule is CC(=O)c1c(Nc2ncc(C(F)(F)F)cc2Cl)oc(C)cc1=O. The minimum atomic E-state index is -4.59. The van der Waals surface area contributed by atoms with Gasteiger partial charge in [0.15, 0.2) is 17.0 Å². The molecule has 2 rings (SSSR count). The van der Waals surface area contributed by atoms with E-state index in [0.717, 1.165) is 13.0 Å². The van der Waals surface area contributed by atoms with Gasteiger partial charge in [-0.2, -0.15) is 13.2 Å². The number of hydrogen-bond donors (Lipinski definition) is 1. The number of carbonyl (C=O) groups is 1. The van der Waals surface area contributed by atoms with Crippen LogP contribution in [-0.4, -0.2) is 10.8 Å². The maximum atomic E-state index is 12.6. The summed E-state index contributed by atoms with van der Waals surface area (Å²) in [4.78, 5) is 27.0.